The maximum Gasteiger partial charge on any atom is 0.294 e. The van der Waals surface area contributed by atoms with Gasteiger partial charge in [-0.2, -0.15) is 0 Å². The molecule has 1 atom stereocenters. The average Bonchev–Trinajstić information content (AvgIpc) is 2.93. The maximum atomic E-state index is 12.9. The van der Waals surface area contributed by atoms with Crippen molar-refractivity contribution < 1.29 is 19.4 Å². The van der Waals surface area contributed by atoms with E-state index in [1.54, 1.807) is 33.1 Å². The molecule has 0 saturated heterocycles. The molecule has 27 heavy (non-hydrogen) atoms. The molecule has 0 radical (unpaired) electrons. The van der Waals surface area contributed by atoms with E-state index in [-0.39, 0.29) is 17.3 Å². The van der Waals surface area contributed by atoms with Crippen molar-refractivity contribution in [3.05, 3.63) is 71.0 Å². The number of anilines is 1. The number of Topliss-reactive ketones (excluding diaryl/α,β-unsaturated/α-hetero) is 1. The van der Waals surface area contributed by atoms with Crippen LogP contribution in [0.3, 0.4) is 0 Å². The highest BCUT2D eigenvalue weighted by Gasteiger charge is 2.44. The zero-order valence-corrected chi connectivity index (χ0v) is 15.9. The molecule has 5 nitrogen and oxygen atoms in total. The molecular formula is C22H23NO4. The summed E-state index contributed by atoms with van der Waals surface area (Å²) >= 11 is 0. The molecule has 2 aromatic rings. The molecule has 0 bridgehead atoms. The van der Waals surface area contributed by atoms with Gasteiger partial charge in [-0.05, 0) is 36.8 Å². The number of ketones is 1. The van der Waals surface area contributed by atoms with E-state index in [9.17, 15) is 14.7 Å². The van der Waals surface area contributed by atoms with E-state index in [1.807, 2.05) is 43.3 Å². The molecule has 0 aliphatic carbocycles. The number of aliphatic hydroxyl groups excluding tert-OH is 1. The number of carbonyl (C=O) groups excluding carboxylic acids is 2. The number of amides is 1. The van der Waals surface area contributed by atoms with Gasteiger partial charge >= 0.3 is 0 Å². The number of ether oxygens (including phenoxy) is 1. The van der Waals surface area contributed by atoms with Crippen LogP contribution in [0.25, 0.3) is 0 Å². The van der Waals surface area contributed by atoms with Crippen molar-refractivity contribution in [1.82, 2.24) is 0 Å². The van der Waals surface area contributed by atoms with E-state index in [2.05, 4.69) is 0 Å². The molecule has 0 spiro atoms. The Kier molecular flexibility index (Phi) is 5.04. The predicted octanol–water partition coefficient (Wildman–Crippen LogP) is 4.13. The zero-order chi connectivity index (χ0) is 19.7. The number of hydrogen-bond donors (Lipinski definition) is 1. The molecular weight excluding hydrogens is 342 g/mol. The summed E-state index contributed by atoms with van der Waals surface area (Å²) < 4.78 is 5.20. The van der Waals surface area contributed by atoms with Crippen LogP contribution in [0.15, 0.2) is 59.9 Å². The molecule has 2 aromatic carbocycles. The Morgan fingerprint density at radius 2 is 1.67 bits per heavy atom. The molecule has 0 saturated carbocycles. The van der Waals surface area contributed by atoms with Gasteiger partial charge in [-0.1, -0.05) is 43.7 Å². The SMILES string of the molecule is COc1ccc(C2C(C(=O)C(C)C)=C(O)C(=O)N2c2ccc(C)cc2)cc1. The number of aryl methyl sites for hydroxylation is 1. The molecule has 0 aromatic heterocycles. The first-order valence-electron chi connectivity index (χ1n) is 8.86. The summed E-state index contributed by atoms with van der Waals surface area (Å²) in [5.41, 5.74) is 2.56. The van der Waals surface area contributed by atoms with Crippen molar-refractivity contribution in [2.45, 2.75) is 26.8 Å². The third kappa shape index (κ3) is 3.33. The van der Waals surface area contributed by atoms with Gasteiger partial charge in [-0.15, -0.1) is 0 Å². The van der Waals surface area contributed by atoms with Crippen molar-refractivity contribution in [3.8, 4) is 5.75 Å². The quantitative estimate of drug-likeness (QED) is 0.865. The lowest BCUT2D eigenvalue weighted by molar-refractivity contribution is -0.119. The Hall–Kier alpha value is -3.08. The molecule has 1 aliphatic heterocycles. The Balaban J connectivity index is 2.15. The van der Waals surface area contributed by atoms with Crippen LogP contribution in [-0.4, -0.2) is 23.9 Å². The van der Waals surface area contributed by atoms with Crippen molar-refractivity contribution in [1.29, 1.82) is 0 Å². The topological polar surface area (TPSA) is 66.8 Å². The third-order valence-corrected chi connectivity index (χ3v) is 4.74. The minimum absolute atomic E-state index is 0.140. The number of benzene rings is 2. The largest absolute Gasteiger partial charge is 0.503 e. The van der Waals surface area contributed by atoms with Crippen LogP contribution >= 0.6 is 0 Å². The predicted molar refractivity (Wildman–Crippen MR) is 104 cm³/mol. The van der Waals surface area contributed by atoms with Gasteiger partial charge in [-0.25, -0.2) is 0 Å². The smallest absolute Gasteiger partial charge is 0.294 e. The van der Waals surface area contributed by atoms with Crippen molar-refractivity contribution in [3.63, 3.8) is 0 Å². The standard InChI is InChI=1S/C22H23NO4/c1-13(2)20(24)18-19(15-7-11-17(27-4)12-8-15)23(22(26)21(18)25)16-9-5-14(3)6-10-16/h5-13,19,25H,1-4H3. The molecule has 1 unspecified atom stereocenters. The van der Waals surface area contributed by atoms with E-state index >= 15 is 0 Å². The van der Waals surface area contributed by atoms with Crippen LogP contribution in [-0.2, 0) is 9.59 Å². The summed E-state index contributed by atoms with van der Waals surface area (Å²) in [5.74, 6) is -0.946. The normalized spacial score (nSPS) is 17.0. The summed E-state index contributed by atoms with van der Waals surface area (Å²) in [6.45, 7) is 5.47. The number of nitrogens with zero attached hydrogens (tertiary/aromatic N) is 1. The fourth-order valence-electron chi connectivity index (χ4n) is 3.24. The fourth-order valence-corrected chi connectivity index (χ4v) is 3.24. The second-order valence-electron chi connectivity index (χ2n) is 6.97. The highest BCUT2D eigenvalue weighted by Crippen LogP contribution is 2.42. The average molecular weight is 365 g/mol. The Morgan fingerprint density at radius 3 is 2.19 bits per heavy atom. The highest BCUT2D eigenvalue weighted by molar-refractivity contribution is 6.16. The summed E-state index contributed by atoms with van der Waals surface area (Å²) in [6.07, 6.45) is 0. The van der Waals surface area contributed by atoms with Gasteiger partial charge in [-0.3, -0.25) is 14.5 Å². The first kappa shape index (κ1) is 18.7. The Bertz CT molecular complexity index is 895. The number of carbonyl (C=O) groups is 2. The molecule has 5 heteroatoms. The van der Waals surface area contributed by atoms with Gasteiger partial charge in [0.2, 0.25) is 0 Å². The van der Waals surface area contributed by atoms with Crippen LogP contribution < -0.4 is 9.64 Å². The molecule has 1 aliphatic rings. The lowest BCUT2D eigenvalue weighted by atomic mass is 9.91. The van der Waals surface area contributed by atoms with E-state index in [1.165, 1.54) is 4.90 Å². The second kappa shape index (κ2) is 7.27. The van der Waals surface area contributed by atoms with Gasteiger partial charge in [0.05, 0.1) is 18.7 Å². The number of aliphatic hydroxyl groups is 1. The molecule has 1 amide bonds. The Labute approximate surface area is 158 Å². The van der Waals surface area contributed by atoms with Crippen LogP contribution in [0.1, 0.15) is 31.0 Å². The number of rotatable bonds is 5. The van der Waals surface area contributed by atoms with Crippen LogP contribution in [0.2, 0.25) is 0 Å². The van der Waals surface area contributed by atoms with Gasteiger partial charge < -0.3 is 9.84 Å². The third-order valence-electron chi connectivity index (χ3n) is 4.74. The van der Waals surface area contributed by atoms with Crippen molar-refractivity contribution in [2.24, 2.45) is 5.92 Å². The van der Waals surface area contributed by atoms with E-state index < -0.39 is 17.7 Å². The van der Waals surface area contributed by atoms with Crippen LogP contribution in [0, 0.1) is 12.8 Å². The van der Waals surface area contributed by atoms with Gasteiger partial charge in [0, 0.05) is 11.6 Å². The lowest BCUT2D eigenvalue weighted by Crippen LogP contribution is -2.31. The van der Waals surface area contributed by atoms with E-state index in [0.717, 1.165) is 11.1 Å². The Morgan fingerprint density at radius 1 is 1.07 bits per heavy atom. The number of hydrogen-bond acceptors (Lipinski definition) is 4. The monoisotopic (exact) mass is 365 g/mol. The molecule has 0 fully saturated rings. The molecule has 1 heterocycles. The van der Waals surface area contributed by atoms with Gasteiger partial charge in [0.15, 0.2) is 11.5 Å². The molecule has 3 rings (SSSR count). The van der Waals surface area contributed by atoms with Crippen LogP contribution in [0.4, 0.5) is 5.69 Å². The second-order valence-corrected chi connectivity index (χ2v) is 6.97. The summed E-state index contributed by atoms with van der Waals surface area (Å²) in [5, 5.41) is 10.5. The summed E-state index contributed by atoms with van der Waals surface area (Å²) in [6, 6.07) is 13.9. The van der Waals surface area contributed by atoms with E-state index in [4.69, 9.17) is 4.74 Å². The minimum Gasteiger partial charge on any atom is -0.503 e. The van der Waals surface area contributed by atoms with Gasteiger partial charge in [0.1, 0.15) is 5.75 Å². The summed E-state index contributed by atoms with van der Waals surface area (Å²) in [7, 11) is 1.58. The first-order valence-corrected chi connectivity index (χ1v) is 8.86. The van der Waals surface area contributed by atoms with Crippen molar-refractivity contribution in [2.75, 3.05) is 12.0 Å². The first-order chi connectivity index (χ1) is 12.8. The highest BCUT2D eigenvalue weighted by atomic mass is 16.5. The fraction of sp³-hybridized carbons (Fsp3) is 0.273. The van der Waals surface area contributed by atoms with E-state index in [0.29, 0.717) is 11.4 Å². The number of methoxy groups -OCH3 is 1. The molecule has 1 N–H and O–H groups in total. The van der Waals surface area contributed by atoms with Crippen LogP contribution in [0.5, 0.6) is 5.75 Å². The van der Waals surface area contributed by atoms with Gasteiger partial charge in [0.25, 0.3) is 5.91 Å². The zero-order valence-electron chi connectivity index (χ0n) is 15.9. The summed E-state index contributed by atoms with van der Waals surface area (Å²) in [4.78, 5) is 27.2. The molecule has 140 valence electrons. The minimum atomic E-state index is -0.680. The van der Waals surface area contributed by atoms with Crippen molar-refractivity contribution >= 4 is 17.4 Å². The maximum absolute atomic E-state index is 12.9. The lowest BCUT2D eigenvalue weighted by Gasteiger charge is -2.27.